The summed E-state index contributed by atoms with van der Waals surface area (Å²) >= 11 is 0. The Bertz CT molecular complexity index is 160. The molecule has 0 saturated carbocycles. The number of carboxylic acids is 1. The van der Waals surface area contributed by atoms with Gasteiger partial charge in [-0.25, -0.2) is 9.78 Å². The smallest absolute Gasteiger partial charge is 0.303 e. The van der Waals surface area contributed by atoms with Gasteiger partial charge in [0.1, 0.15) is 0 Å². The summed E-state index contributed by atoms with van der Waals surface area (Å²) in [6.07, 6.45) is 0.222. The lowest BCUT2D eigenvalue weighted by molar-refractivity contribution is -0.393. The van der Waals surface area contributed by atoms with Crippen molar-refractivity contribution in [3.63, 3.8) is 0 Å². The van der Waals surface area contributed by atoms with Crippen LogP contribution in [0.1, 0.15) is 54.9 Å². The third-order valence-corrected chi connectivity index (χ3v) is 0.844. The molecule has 0 radical (unpaired) electrons. The molecule has 0 aromatic heterocycles. The zero-order valence-electron chi connectivity index (χ0n) is 10.9. The Balaban J connectivity index is 0. The van der Waals surface area contributed by atoms with Gasteiger partial charge in [-0.2, -0.15) is 0 Å². The van der Waals surface area contributed by atoms with Crippen molar-refractivity contribution in [3.05, 3.63) is 0 Å². The predicted octanol–water partition coefficient (Wildman–Crippen LogP) is 3.01. The summed E-state index contributed by atoms with van der Waals surface area (Å²) in [5.74, 6) is -0.745. The monoisotopic (exact) mass is 220 g/mol. The largest absolute Gasteiger partial charge is 0.481 e. The van der Waals surface area contributed by atoms with Gasteiger partial charge in [0.2, 0.25) is 0 Å². The van der Waals surface area contributed by atoms with Gasteiger partial charge in [-0.15, -0.1) is 0 Å². The van der Waals surface area contributed by atoms with Crippen molar-refractivity contribution in [1.82, 2.24) is 0 Å². The van der Waals surface area contributed by atoms with Gasteiger partial charge in [-0.3, -0.25) is 4.79 Å². The Morgan fingerprint density at radius 1 is 1.00 bits per heavy atom. The first-order valence-electron chi connectivity index (χ1n) is 5.06. The summed E-state index contributed by atoms with van der Waals surface area (Å²) in [6.45, 7) is 13.3. The van der Waals surface area contributed by atoms with E-state index in [1.165, 1.54) is 0 Å². The molecule has 0 amide bonds. The Hall–Kier alpha value is -0.610. The van der Waals surface area contributed by atoms with Crippen LogP contribution in [0.3, 0.4) is 0 Å². The van der Waals surface area contributed by atoms with Crippen molar-refractivity contribution in [2.75, 3.05) is 0 Å². The first-order valence-corrected chi connectivity index (χ1v) is 5.06. The molecule has 15 heavy (non-hydrogen) atoms. The molecule has 0 saturated heterocycles. The van der Waals surface area contributed by atoms with Gasteiger partial charge in [-0.1, -0.05) is 6.92 Å². The van der Waals surface area contributed by atoms with E-state index in [0.29, 0.717) is 0 Å². The minimum atomic E-state index is -0.745. The zero-order valence-corrected chi connectivity index (χ0v) is 10.9. The van der Waals surface area contributed by atoms with Crippen LogP contribution in [0.15, 0.2) is 0 Å². The molecule has 0 aromatic carbocycles. The number of rotatable bonds is 2. The van der Waals surface area contributed by atoms with Gasteiger partial charge in [0, 0.05) is 6.42 Å². The van der Waals surface area contributed by atoms with Gasteiger partial charge >= 0.3 is 5.97 Å². The second kappa shape index (κ2) is 6.80. The summed E-state index contributed by atoms with van der Waals surface area (Å²) in [4.78, 5) is 19.6. The molecule has 92 valence electrons. The number of carbonyl (C=O) groups is 1. The van der Waals surface area contributed by atoms with Crippen molar-refractivity contribution in [2.45, 2.75) is 66.1 Å². The molecule has 1 N–H and O–H groups in total. The fraction of sp³-hybridized carbons (Fsp3) is 0.909. The third kappa shape index (κ3) is 24.7. The van der Waals surface area contributed by atoms with Crippen LogP contribution in [0.25, 0.3) is 0 Å². The van der Waals surface area contributed by atoms with Crippen LogP contribution in [-0.2, 0) is 14.6 Å². The molecule has 0 aliphatic carbocycles. The average Bonchev–Trinajstić information content (AvgIpc) is 2.00. The molecular weight excluding hydrogens is 196 g/mol. The maximum Gasteiger partial charge on any atom is 0.303 e. The van der Waals surface area contributed by atoms with E-state index in [2.05, 4.69) is 0 Å². The highest BCUT2D eigenvalue weighted by Gasteiger charge is 2.18. The number of aliphatic carboxylic acids is 1. The fourth-order valence-electron chi connectivity index (χ4n) is 0.250. The Morgan fingerprint density at radius 2 is 1.20 bits per heavy atom. The van der Waals surface area contributed by atoms with Gasteiger partial charge in [0.25, 0.3) is 0 Å². The van der Waals surface area contributed by atoms with E-state index in [1.54, 1.807) is 6.92 Å². The number of hydrogen-bond donors (Lipinski definition) is 1. The molecule has 0 aromatic rings. The van der Waals surface area contributed by atoms with E-state index in [0.717, 1.165) is 0 Å². The SMILES string of the molecule is CC(C)(C)OOC(C)(C)C.CCC(=O)O. The molecule has 0 aliphatic heterocycles. The van der Waals surface area contributed by atoms with Crippen LogP contribution in [0.2, 0.25) is 0 Å². The maximum atomic E-state index is 9.37. The molecular formula is C11H24O4. The molecule has 0 unspecified atom stereocenters. The van der Waals surface area contributed by atoms with E-state index in [4.69, 9.17) is 14.9 Å². The lowest BCUT2D eigenvalue weighted by atomic mass is 10.2. The van der Waals surface area contributed by atoms with Gasteiger partial charge in [-0.05, 0) is 41.5 Å². The highest BCUT2D eigenvalue weighted by Crippen LogP contribution is 2.14. The second-order valence-electron chi connectivity index (χ2n) is 5.14. The van der Waals surface area contributed by atoms with Crippen molar-refractivity contribution in [2.24, 2.45) is 0 Å². The van der Waals surface area contributed by atoms with Crippen LogP contribution in [0, 0.1) is 0 Å². The van der Waals surface area contributed by atoms with Gasteiger partial charge in [0.05, 0.1) is 11.2 Å². The minimum Gasteiger partial charge on any atom is -0.481 e. The zero-order chi connectivity index (χ0) is 12.7. The van der Waals surface area contributed by atoms with Crippen molar-refractivity contribution < 1.29 is 19.7 Å². The van der Waals surface area contributed by atoms with Crippen LogP contribution < -0.4 is 0 Å². The summed E-state index contributed by atoms with van der Waals surface area (Å²) in [5, 5.41) is 7.72. The number of hydrogen-bond acceptors (Lipinski definition) is 3. The van der Waals surface area contributed by atoms with Crippen LogP contribution >= 0.6 is 0 Å². The molecule has 0 bridgehead atoms. The topological polar surface area (TPSA) is 55.8 Å². The lowest BCUT2D eigenvalue weighted by Crippen LogP contribution is -2.27. The highest BCUT2D eigenvalue weighted by atomic mass is 17.2. The summed E-state index contributed by atoms with van der Waals surface area (Å²) in [7, 11) is 0. The first-order chi connectivity index (χ1) is 6.48. The normalized spacial score (nSPS) is 11.7. The number of carboxylic acid groups (broad SMARTS) is 1. The van der Waals surface area contributed by atoms with E-state index < -0.39 is 5.97 Å². The third-order valence-electron chi connectivity index (χ3n) is 0.844. The van der Waals surface area contributed by atoms with E-state index >= 15 is 0 Å². The average molecular weight is 220 g/mol. The molecule has 0 fully saturated rings. The van der Waals surface area contributed by atoms with Crippen molar-refractivity contribution in [1.29, 1.82) is 0 Å². The fourth-order valence-corrected chi connectivity index (χ4v) is 0.250. The van der Waals surface area contributed by atoms with Crippen molar-refractivity contribution >= 4 is 5.97 Å². The van der Waals surface area contributed by atoms with E-state index in [9.17, 15) is 4.79 Å². The van der Waals surface area contributed by atoms with Crippen LogP contribution in [0.4, 0.5) is 0 Å². The van der Waals surface area contributed by atoms with Gasteiger partial charge in [0.15, 0.2) is 0 Å². The van der Waals surface area contributed by atoms with Crippen LogP contribution in [-0.4, -0.2) is 22.3 Å². The highest BCUT2D eigenvalue weighted by molar-refractivity contribution is 5.66. The molecule has 0 aliphatic rings. The Morgan fingerprint density at radius 3 is 1.27 bits per heavy atom. The second-order valence-corrected chi connectivity index (χ2v) is 5.14. The Kier molecular flexibility index (Phi) is 7.62. The van der Waals surface area contributed by atoms with Crippen molar-refractivity contribution in [3.8, 4) is 0 Å². The molecule has 0 heterocycles. The quantitative estimate of drug-likeness (QED) is 0.574. The summed E-state index contributed by atoms with van der Waals surface area (Å²) < 4.78 is 0. The summed E-state index contributed by atoms with van der Waals surface area (Å²) in [6, 6.07) is 0. The molecule has 0 spiro atoms. The van der Waals surface area contributed by atoms with Crippen LogP contribution in [0.5, 0.6) is 0 Å². The maximum absolute atomic E-state index is 9.37. The predicted molar refractivity (Wildman–Crippen MR) is 59.6 cm³/mol. The molecule has 4 heteroatoms. The van der Waals surface area contributed by atoms with E-state index in [1.807, 2.05) is 41.5 Å². The molecule has 0 atom stereocenters. The molecule has 0 rings (SSSR count). The minimum absolute atomic E-state index is 0.215. The Labute approximate surface area is 92.5 Å². The van der Waals surface area contributed by atoms with E-state index in [-0.39, 0.29) is 17.6 Å². The van der Waals surface area contributed by atoms with Gasteiger partial charge < -0.3 is 5.11 Å². The summed E-state index contributed by atoms with van der Waals surface area (Å²) in [5.41, 5.74) is -0.430. The first kappa shape index (κ1) is 16.8. The standard InChI is InChI=1S/C8H18O2.C3H6O2/c1-7(2,3)9-10-8(4,5)6;1-2-3(4)5/h1-6H3;2H2,1H3,(H,4,5). The lowest BCUT2D eigenvalue weighted by Gasteiger charge is -2.24. The molecule has 4 nitrogen and oxygen atoms in total.